The minimum Gasteiger partial charge on any atom is -0.465 e. The van der Waals surface area contributed by atoms with Crippen molar-refractivity contribution < 1.29 is 19.1 Å². The van der Waals surface area contributed by atoms with Gasteiger partial charge in [0.2, 0.25) is 16.9 Å². The highest BCUT2D eigenvalue weighted by Crippen LogP contribution is 2.25. The molecule has 8 nitrogen and oxygen atoms in total. The highest BCUT2D eigenvalue weighted by atomic mass is 32.2. The van der Waals surface area contributed by atoms with Crippen LogP contribution in [-0.4, -0.2) is 46.9 Å². The lowest BCUT2D eigenvalue weighted by molar-refractivity contribution is -0.143. The van der Waals surface area contributed by atoms with E-state index in [-0.39, 0.29) is 37.1 Å². The van der Waals surface area contributed by atoms with E-state index < -0.39 is 5.97 Å². The second kappa shape index (κ2) is 10.5. The van der Waals surface area contributed by atoms with Gasteiger partial charge in [0.25, 0.3) is 0 Å². The van der Waals surface area contributed by atoms with Crippen LogP contribution in [0.25, 0.3) is 0 Å². The molecular formula is C16H18N4O4S2. The second-order valence-electron chi connectivity index (χ2n) is 4.95. The molecule has 0 aliphatic rings. The summed E-state index contributed by atoms with van der Waals surface area (Å²) in [6, 6.07) is 9.37. The van der Waals surface area contributed by atoms with Gasteiger partial charge in [-0.25, -0.2) is 0 Å². The number of carbonyl (C=O) groups excluding carboxylic acids is 3. The fourth-order valence-corrected chi connectivity index (χ4v) is 3.42. The number of nitrogens with zero attached hydrogens (tertiary/aromatic N) is 2. The first-order valence-corrected chi connectivity index (χ1v) is 9.59. The van der Waals surface area contributed by atoms with E-state index in [1.807, 2.05) is 30.3 Å². The third kappa shape index (κ3) is 7.19. The van der Waals surface area contributed by atoms with E-state index in [1.54, 1.807) is 6.92 Å². The standard InChI is InChI=1S/C16H18N4O4S2/c1-2-24-14(23)9-17-13(22)10-25-16-20-19-15(26-16)18-12(21)8-11-6-4-3-5-7-11/h3-7H,2,8-10H2,1H3,(H,17,22)(H,18,19,21). The molecule has 2 N–H and O–H groups in total. The summed E-state index contributed by atoms with van der Waals surface area (Å²) in [5.74, 6) is -0.888. The maximum atomic E-state index is 12.0. The van der Waals surface area contributed by atoms with Crippen molar-refractivity contribution in [2.24, 2.45) is 0 Å². The molecule has 0 fully saturated rings. The van der Waals surface area contributed by atoms with E-state index in [0.717, 1.165) is 5.56 Å². The Hall–Kier alpha value is -2.46. The van der Waals surface area contributed by atoms with Gasteiger partial charge in [0.05, 0.1) is 18.8 Å². The van der Waals surface area contributed by atoms with Gasteiger partial charge in [-0.3, -0.25) is 14.4 Å². The van der Waals surface area contributed by atoms with Crippen LogP contribution in [0.1, 0.15) is 12.5 Å². The zero-order valence-electron chi connectivity index (χ0n) is 14.1. The number of aromatic nitrogens is 2. The van der Waals surface area contributed by atoms with Crippen LogP contribution in [0.5, 0.6) is 0 Å². The van der Waals surface area contributed by atoms with Crippen molar-refractivity contribution in [3.05, 3.63) is 35.9 Å². The normalized spacial score (nSPS) is 10.2. The monoisotopic (exact) mass is 394 g/mol. The Morgan fingerprint density at radius 2 is 1.92 bits per heavy atom. The number of nitrogens with one attached hydrogen (secondary N) is 2. The highest BCUT2D eigenvalue weighted by molar-refractivity contribution is 8.01. The number of hydrogen-bond acceptors (Lipinski definition) is 8. The molecule has 2 aromatic rings. The summed E-state index contributed by atoms with van der Waals surface area (Å²) in [4.78, 5) is 34.8. The molecule has 0 bridgehead atoms. The zero-order chi connectivity index (χ0) is 18.8. The smallest absolute Gasteiger partial charge is 0.325 e. The minimum absolute atomic E-state index is 0.0893. The predicted octanol–water partition coefficient (Wildman–Crippen LogP) is 1.49. The van der Waals surface area contributed by atoms with Gasteiger partial charge in [0.1, 0.15) is 6.54 Å². The number of anilines is 1. The summed E-state index contributed by atoms with van der Waals surface area (Å²) < 4.78 is 5.26. The number of thioether (sulfide) groups is 1. The van der Waals surface area contributed by atoms with Crippen LogP contribution in [0.4, 0.5) is 5.13 Å². The second-order valence-corrected chi connectivity index (χ2v) is 7.15. The first kappa shape index (κ1) is 19.9. The molecule has 0 unspecified atom stereocenters. The van der Waals surface area contributed by atoms with Gasteiger partial charge in [-0.15, -0.1) is 10.2 Å². The quantitative estimate of drug-likeness (QED) is 0.377. The fraction of sp³-hybridized carbons (Fsp3) is 0.312. The summed E-state index contributed by atoms with van der Waals surface area (Å²) >= 11 is 2.36. The fourth-order valence-electron chi connectivity index (χ4n) is 1.82. The molecule has 0 spiro atoms. The van der Waals surface area contributed by atoms with Gasteiger partial charge in [0.15, 0.2) is 4.34 Å². The minimum atomic E-state index is -0.481. The van der Waals surface area contributed by atoms with E-state index in [4.69, 9.17) is 4.74 Å². The number of esters is 1. The first-order valence-electron chi connectivity index (χ1n) is 7.79. The SMILES string of the molecule is CCOC(=O)CNC(=O)CSc1nnc(NC(=O)Cc2ccccc2)s1. The van der Waals surface area contributed by atoms with E-state index in [1.165, 1.54) is 23.1 Å². The van der Waals surface area contributed by atoms with Crippen molar-refractivity contribution >= 4 is 46.0 Å². The number of hydrogen-bond donors (Lipinski definition) is 2. The summed E-state index contributed by atoms with van der Waals surface area (Å²) in [5, 5.41) is 13.3. The Morgan fingerprint density at radius 1 is 1.15 bits per heavy atom. The molecule has 0 saturated heterocycles. The van der Waals surface area contributed by atoms with E-state index in [0.29, 0.717) is 9.47 Å². The molecule has 1 aromatic carbocycles. The predicted molar refractivity (Wildman–Crippen MR) is 99.1 cm³/mol. The van der Waals surface area contributed by atoms with Crippen molar-refractivity contribution in [2.75, 3.05) is 24.2 Å². The van der Waals surface area contributed by atoms with E-state index >= 15 is 0 Å². The van der Waals surface area contributed by atoms with E-state index in [9.17, 15) is 14.4 Å². The molecule has 2 amide bonds. The highest BCUT2D eigenvalue weighted by Gasteiger charge is 2.11. The van der Waals surface area contributed by atoms with Gasteiger partial charge in [-0.05, 0) is 12.5 Å². The van der Waals surface area contributed by atoms with Gasteiger partial charge < -0.3 is 15.4 Å². The van der Waals surface area contributed by atoms with Crippen LogP contribution in [0.15, 0.2) is 34.7 Å². The maximum Gasteiger partial charge on any atom is 0.325 e. The first-order chi connectivity index (χ1) is 12.6. The van der Waals surface area contributed by atoms with Crippen LogP contribution in [-0.2, 0) is 25.5 Å². The molecule has 26 heavy (non-hydrogen) atoms. The molecule has 0 atom stereocenters. The Labute approximate surface area is 158 Å². The Kier molecular flexibility index (Phi) is 8.03. The van der Waals surface area contributed by atoms with Crippen molar-refractivity contribution in [1.82, 2.24) is 15.5 Å². The average Bonchev–Trinajstić information content (AvgIpc) is 3.06. The number of benzene rings is 1. The number of amides is 2. The Morgan fingerprint density at radius 3 is 2.65 bits per heavy atom. The number of ether oxygens (including phenoxy) is 1. The molecule has 1 heterocycles. The lowest BCUT2D eigenvalue weighted by Crippen LogP contribution is -2.31. The largest absolute Gasteiger partial charge is 0.465 e. The van der Waals surface area contributed by atoms with Gasteiger partial charge >= 0.3 is 5.97 Å². The molecule has 0 saturated carbocycles. The van der Waals surface area contributed by atoms with Gasteiger partial charge in [0, 0.05) is 0 Å². The molecule has 0 aliphatic carbocycles. The van der Waals surface area contributed by atoms with Crippen molar-refractivity contribution in [3.63, 3.8) is 0 Å². The molecular weight excluding hydrogens is 376 g/mol. The topological polar surface area (TPSA) is 110 Å². The lowest BCUT2D eigenvalue weighted by atomic mass is 10.1. The molecule has 2 rings (SSSR count). The summed E-state index contributed by atoms with van der Waals surface area (Å²) in [5.41, 5.74) is 0.905. The van der Waals surface area contributed by atoms with Crippen LogP contribution in [0.2, 0.25) is 0 Å². The van der Waals surface area contributed by atoms with Gasteiger partial charge in [-0.1, -0.05) is 53.4 Å². The number of rotatable bonds is 9. The maximum absolute atomic E-state index is 12.0. The van der Waals surface area contributed by atoms with Crippen LogP contribution in [0.3, 0.4) is 0 Å². The van der Waals surface area contributed by atoms with E-state index in [2.05, 4.69) is 20.8 Å². The number of carbonyl (C=O) groups is 3. The van der Waals surface area contributed by atoms with Crippen LogP contribution >= 0.6 is 23.1 Å². The zero-order valence-corrected chi connectivity index (χ0v) is 15.7. The summed E-state index contributed by atoms with van der Waals surface area (Å²) in [7, 11) is 0. The third-order valence-corrected chi connectivity index (χ3v) is 4.89. The summed E-state index contributed by atoms with van der Waals surface area (Å²) in [6.45, 7) is 1.80. The lowest BCUT2D eigenvalue weighted by Gasteiger charge is -2.03. The van der Waals surface area contributed by atoms with Crippen LogP contribution < -0.4 is 10.6 Å². The van der Waals surface area contributed by atoms with Crippen molar-refractivity contribution in [2.45, 2.75) is 17.7 Å². The van der Waals surface area contributed by atoms with Gasteiger partial charge in [-0.2, -0.15) is 0 Å². The Bertz CT molecular complexity index is 752. The third-order valence-electron chi connectivity index (χ3n) is 2.92. The van der Waals surface area contributed by atoms with Crippen LogP contribution in [0, 0.1) is 0 Å². The Balaban J connectivity index is 1.72. The molecule has 10 heteroatoms. The average molecular weight is 394 g/mol. The molecule has 0 radical (unpaired) electrons. The summed E-state index contributed by atoms with van der Waals surface area (Å²) in [6.07, 6.45) is 0.249. The van der Waals surface area contributed by atoms with Crippen molar-refractivity contribution in [3.8, 4) is 0 Å². The molecule has 138 valence electrons. The molecule has 0 aliphatic heterocycles. The molecule has 1 aromatic heterocycles. The van der Waals surface area contributed by atoms with Crippen molar-refractivity contribution in [1.29, 1.82) is 0 Å².